The van der Waals surface area contributed by atoms with Crippen LogP contribution in [-0.2, 0) is 10.0 Å². The number of anilines is 1. The van der Waals surface area contributed by atoms with Crippen LogP contribution >= 0.6 is 0 Å². The summed E-state index contributed by atoms with van der Waals surface area (Å²) in [5.74, 6) is -0.214. The van der Waals surface area contributed by atoms with Gasteiger partial charge in [0, 0.05) is 18.7 Å². The van der Waals surface area contributed by atoms with Gasteiger partial charge in [0.05, 0.1) is 22.2 Å². The molecular formula is C18H19N3O3S. The van der Waals surface area contributed by atoms with Crippen molar-refractivity contribution in [2.24, 2.45) is 0 Å². The van der Waals surface area contributed by atoms with Gasteiger partial charge in [0.15, 0.2) is 0 Å². The van der Waals surface area contributed by atoms with Gasteiger partial charge in [-0.05, 0) is 50.2 Å². The normalized spacial score (nSPS) is 10.8. The van der Waals surface area contributed by atoms with Crippen LogP contribution in [-0.4, -0.2) is 32.3 Å². The molecule has 2 aromatic rings. The summed E-state index contributed by atoms with van der Waals surface area (Å²) in [5.41, 5.74) is 0.961. The Morgan fingerprint density at radius 2 is 1.80 bits per heavy atom. The van der Waals surface area contributed by atoms with Gasteiger partial charge in [0.1, 0.15) is 0 Å². The third-order valence-corrected chi connectivity index (χ3v) is 5.06. The molecule has 0 heterocycles. The lowest BCUT2D eigenvalue weighted by Crippen LogP contribution is -2.30. The number of hydrogen-bond acceptors (Lipinski definition) is 4. The highest BCUT2D eigenvalue weighted by atomic mass is 32.2. The van der Waals surface area contributed by atoms with Gasteiger partial charge in [-0.25, -0.2) is 8.42 Å². The summed E-state index contributed by atoms with van der Waals surface area (Å²) in [6.07, 6.45) is 0. The van der Waals surface area contributed by atoms with Crippen LogP contribution in [0.1, 0.15) is 29.8 Å². The molecule has 0 atom stereocenters. The van der Waals surface area contributed by atoms with Crippen molar-refractivity contribution in [3.63, 3.8) is 0 Å². The Morgan fingerprint density at radius 3 is 2.44 bits per heavy atom. The van der Waals surface area contributed by atoms with Crippen molar-refractivity contribution in [1.82, 2.24) is 4.90 Å². The van der Waals surface area contributed by atoms with E-state index in [1.54, 1.807) is 29.2 Å². The third kappa shape index (κ3) is 4.37. The van der Waals surface area contributed by atoms with E-state index in [9.17, 15) is 13.2 Å². The van der Waals surface area contributed by atoms with Gasteiger partial charge in [-0.2, -0.15) is 5.26 Å². The first-order chi connectivity index (χ1) is 11.9. The van der Waals surface area contributed by atoms with Crippen LogP contribution in [0.25, 0.3) is 0 Å². The molecule has 1 N–H and O–H groups in total. The first-order valence-electron chi connectivity index (χ1n) is 7.83. The topological polar surface area (TPSA) is 90.3 Å². The number of rotatable bonds is 6. The average molecular weight is 357 g/mol. The van der Waals surface area contributed by atoms with E-state index in [1.807, 2.05) is 19.9 Å². The number of carbonyl (C=O) groups is 1. The summed E-state index contributed by atoms with van der Waals surface area (Å²) in [4.78, 5) is 14.0. The zero-order chi connectivity index (χ0) is 18.4. The molecule has 0 fully saturated rings. The summed E-state index contributed by atoms with van der Waals surface area (Å²) in [6, 6.07) is 14.1. The number of benzene rings is 2. The Morgan fingerprint density at radius 1 is 1.12 bits per heavy atom. The summed E-state index contributed by atoms with van der Waals surface area (Å²) in [6.45, 7) is 4.83. The number of sulfonamides is 1. The molecule has 0 spiro atoms. The lowest BCUT2D eigenvalue weighted by atomic mass is 10.2. The fraction of sp³-hybridized carbons (Fsp3) is 0.222. The second-order valence-electron chi connectivity index (χ2n) is 5.30. The van der Waals surface area contributed by atoms with Crippen LogP contribution in [0.5, 0.6) is 0 Å². The maximum Gasteiger partial charge on any atom is 0.261 e. The van der Waals surface area contributed by atoms with E-state index in [-0.39, 0.29) is 10.8 Å². The van der Waals surface area contributed by atoms with E-state index in [1.165, 1.54) is 24.3 Å². The van der Waals surface area contributed by atoms with Crippen LogP contribution in [0, 0.1) is 11.3 Å². The van der Waals surface area contributed by atoms with E-state index in [2.05, 4.69) is 4.72 Å². The first kappa shape index (κ1) is 18.5. The molecule has 0 unspecified atom stereocenters. The lowest BCUT2D eigenvalue weighted by molar-refractivity contribution is 0.0772. The molecule has 130 valence electrons. The minimum atomic E-state index is -3.86. The molecule has 7 heteroatoms. The number of carbonyl (C=O) groups excluding carboxylic acids is 1. The third-order valence-electron chi connectivity index (χ3n) is 3.69. The van der Waals surface area contributed by atoms with Gasteiger partial charge in [0.2, 0.25) is 0 Å². The molecule has 0 aliphatic carbocycles. The van der Waals surface area contributed by atoms with Crippen molar-refractivity contribution in [3.05, 3.63) is 59.7 Å². The summed E-state index contributed by atoms with van der Waals surface area (Å²) in [7, 11) is -3.86. The largest absolute Gasteiger partial charge is 0.339 e. The van der Waals surface area contributed by atoms with Crippen LogP contribution < -0.4 is 4.72 Å². The number of nitriles is 1. The van der Waals surface area contributed by atoms with E-state index in [0.717, 1.165) is 0 Å². The minimum absolute atomic E-state index is 0.00660. The van der Waals surface area contributed by atoms with E-state index < -0.39 is 10.0 Å². The quantitative estimate of drug-likeness (QED) is 0.861. The number of hydrogen-bond donors (Lipinski definition) is 1. The molecule has 0 aromatic heterocycles. The van der Waals surface area contributed by atoms with Gasteiger partial charge in [-0.15, -0.1) is 0 Å². The van der Waals surface area contributed by atoms with Crippen molar-refractivity contribution < 1.29 is 13.2 Å². The monoisotopic (exact) mass is 357 g/mol. The molecule has 0 bridgehead atoms. The fourth-order valence-electron chi connectivity index (χ4n) is 2.36. The Balaban J connectivity index is 2.32. The van der Waals surface area contributed by atoms with Crippen molar-refractivity contribution in [2.45, 2.75) is 18.7 Å². The molecule has 0 aliphatic rings. The molecule has 25 heavy (non-hydrogen) atoms. The average Bonchev–Trinajstić information content (AvgIpc) is 2.62. The summed E-state index contributed by atoms with van der Waals surface area (Å²) >= 11 is 0. The molecule has 2 aromatic carbocycles. The molecule has 2 rings (SSSR count). The highest BCUT2D eigenvalue weighted by Gasteiger charge is 2.18. The standard InChI is InChI=1S/C18H19N3O3S/c1-3-21(4-2)18(22)15-8-6-10-17(12-15)25(23,24)20-16-9-5-7-14(11-16)13-19/h5-12,20H,3-4H2,1-2H3. The van der Waals surface area contributed by atoms with Gasteiger partial charge in [-0.3, -0.25) is 9.52 Å². The molecule has 0 saturated heterocycles. The van der Waals surface area contributed by atoms with Crippen molar-refractivity contribution in [1.29, 1.82) is 5.26 Å². The Bertz CT molecular complexity index is 913. The minimum Gasteiger partial charge on any atom is -0.339 e. The molecule has 0 radical (unpaired) electrons. The van der Waals surface area contributed by atoms with Crippen LogP contribution in [0.2, 0.25) is 0 Å². The Kier molecular flexibility index (Phi) is 5.78. The predicted molar refractivity (Wildman–Crippen MR) is 95.7 cm³/mol. The zero-order valence-corrected chi connectivity index (χ0v) is 14.9. The van der Waals surface area contributed by atoms with Crippen molar-refractivity contribution in [3.8, 4) is 6.07 Å². The van der Waals surface area contributed by atoms with Gasteiger partial charge >= 0.3 is 0 Å². The smallest absolute Gasteiger partial charge is 0.261 e. The zero-order valence-electron chi connectivity index (χ0n) is 14.1. The predicted octanol–water partition coefficient (Wildman–Crippen LogP) is 2.84. The number of amides is 1. The van der Waals surface area contributed by atoms with Crippen LogP contribution in [0.4, 0.5) is 5.69 Å². The molecule has 1 amide bonds. The maximum absolute atomic E-state index is 12.6. The van der Waals surface area contributed by atoms with Gasteiger partial charge in [0.25, 0.3) is 15.9 Å². The lowest BCUT2D eigenvalue weighted by Gasteiger charge is -2.19. The maximum atomic E-state index is 12.6. The summed E-state index contributed by atoms with van der Waals surface area (Å²) in [5, 5.41) is 8.90. The number of nitrogens with zero attached hydrogens (tertiary/aromatic N) is 2. The second kappa shape index (κ2) is 7.81. The van der Waals surface area contributed by atoms with Crippen LogP contribution in [0.15, 0.2) is 53.4 Å². The van der Waals surface area contributed by atoms with Crippen molar-refractivity contribution >= 4 is 21.6 Å². The fourth-order valence-corrected chi connectivity index (χ4v) is 3.45. The highest BCUT2D eigenvalue weighted by molar-refractivity contribution is 7.92. The van der Waals surface area contributed by atoms with E-state index in [4.69, 9.17) is 5.26 Å². The number of nitrogens with one attached hydrogen (secondary N) is 1. The molecule has 0 aliphatic heterocycles. The highest BCUT2D eigenvalue weighted by Crippen LogP contribution is 2.19. The second-order valence-corrected chi connectivity index (χ2v) is 6.99. The van der Waals surface area contributed by atoms with E-state index >= 15 is 0 Å². The van der Waals surface area contributed by atoms with E-state index in [0.29, 0.717) is 29.9 Å². The molecule has 6 nitrogen and oxygen atoms in total. The molecular weight excluding hydrogens is 338 g/mol. The van der Waals surface area contributed by atoms with Gasteiger partial charge in [-0.1, -0.05) is 12.1 Å². The van der Waals surface area contributed by atoms with Gasteiger partial charge < -0.3 is 4.90 Å². The van der Waals surface area contributed by atoms with Crippen LogP contribution in [0.3, 0.4) is 0 Å². The summed E-state index contributed by atoms with van der Waals surface area (Å²) < 4.78 is 27.6. The van der Waals surface area contributed by atoms with Crippen molar-refractivity contribution in [2.75, 3.05) is 17.8 Å². The first-order valence-corrected chi connectivity index (χ1v) is 9.32. The SMILES string of the molecule is CCN(CC)C(=O)c1cccc(S(=O)(=O)Nc2cccc(C#N)c2)c1. The Hall–Kier alpha value is -2.85. The Labute approximate surface area is 147 Å². The molecule has 0 saturated carbocycles.